The van der Waals surface area contributed by atoms with Gasteiger partial charge in [-0.1, -0.05) is 26.0 Å². The van der Waals surface area contributed by atoms with Crippen molar-refractivity contribution in [1.29, 1.82) is 0 Å². The normalized spacial score (nSPS) is 18.3. The number of nitrogens with one attached hydrogen (secondary N) is 2. The second kappa shape index (κ2) is 8.76. The molecule has 1 heterocycles. The molecule has 6 nitrogen and oxygen atoms in total. The van der Waals surface area contributed by atoms with E-state index in [0.29, 0.717) is 24.6 Å². The Bertz CT molecular complexity index is 625. The van der Waals surface area contributed by atoms with Crippen molar-refractivity contribution < 1.29 is 19.1 Å². The summed E-state index contributed by atoms with van der Waals surface area (Å²) in [6.45, 7) is 6.52. The molecule has 3 amide bonds. The Morgan fingerprint density at radius 1 is 1.24 bits per heavy atom. The molecular weight excluding hydrogens is 320 g/mol. The van der Waals surface area contributed by atoms with E-state index >= 15 is 0 Å². The second-order valence-corrected chi connectivity index (χ2v) is 6.90. The molecule has 25 heavy (non-hydrogen) atoms. The predicted molar refractivity (Wildman–Crippen MR) is 94.9 cm³/mol. The zero-order chi connectivity index (χ0) is 18.4. The summed E-state index contributed by atoms with van der Waals surface area (Å²) in [6, 6.07) is 7.30. The van der Waals surface area contributed by atoms with Gasteiger partial charge in [-0.25, -0.2) is 0 Å². The van der Waals surface area contributed by atoms with Crippen LogP contribution >= 0.6 is 0 Å². The van der Waals surface area contributed by atoms with E-state index in [1.165, 1.54) is 0 Å². The van der Waals surface area contributed by atoms with Gasteiger partial charge in [-0.05, 0) is 43.4 Å². The molecular formula is C19H26N2O4. The molecule has 0 bridgehead atoms. The highest BCUT2D eigenvalue weighted by Crippen LogP contribution is 2.19. The van der Waals surface area contributed by atoms with Crippen molar-refractivity contribution in [3.05, 3.63) is 29.8 Å². The maximum absolute atomic E-state index is 12.1. The molecule has 2 atom stereocenters. The van der Waals surface area contributed by atoms with Gasteiger partial charge in [0, 0.05) is 18.7 Å². The van der Waals surface area contributed by atoms with Gasteiger partial charge < -0.3 is 10.1 Å². The minimum atomic E-state index is -0.508. The van der Waals surface area contributed by atoms with Crippen LogP contribution in [0.2, 0.25) is 0 Å². The van der Waals surface area contributed by atoms with Gasteiger partial charge in [0.05, 0.1) is 5.92 Å². The Morgan fingerprint density at radius 2 is 1.92 bits per heavy atom. The van der Waals surface area contributed by atoms with Crippen molar-refractivity contribution in [2.45, 2.75) is 46.1 Å². The van der Waals surface area contributed by atoms with Crippen molar-refractivity contribution in [3.8, 4) is 0 Å². The first-order valence-electron chi connectivity index (χ1n) is 8.70. The molecule has 1 saturated heterocycles. The van der Waals surface area contributed by atoms with Crippen LogP contribution in [0.15, 0.2) is 24.3 Å². The number of ether oxygens (including phenoxy) is 1. The monoisotopic (exact) mass is 346 g/mol. The fourth-order valence-corrected chi connectivity index (χ4v) is 2.58. The Labute approximate surface area is 148 Å². The summed E-state index contributed by atoms with van der Waals surface area (Å²) < 4.78 is 5.53. The highest BCUT2D eigenvalue weighted by atomic mass is 16.5. The SMILES string of the molecule is CC(C)CCO[C@H](C)C(=O)Nc1ccc(C[C@H]2CC(=O)NC2=O)cc1. The second-order valence-electron chi connectivity index (χ2n) is 6.90. The van der Waals surface area contributed by atoms with Crippen LogP contribution in [-0.2, 0) is 25.5 Å². The number of benzene rings is 1. The topological polar surface area (TPSA) is 84.5 Å². The molecule has 0 unspecified atom stereocenters. The fourth-order valence-electron chi connectivity index (χ4n) is 2.58. The van der Waals surface area contributed by atoms with Crippen LogP contribution < -0.4 is 10.6 Å². The lowest BCUT2D eigenvalue weighted by atomic mass is 9.98. The van der Waals surface area contributed by atoms with Crippen LogP contribution in [0.3, 0.4) is 0 Å². The Balaban J connectivity index is 1.82. The molecule has 1 aromatic rings. The van der Waals surface area contributed by atoms with E-state index in [0.717, 1.165) is 12.0 Å². The average Bonchev–Trinajstić information content (AvgIpc) is 2.86. The molecule has 0 saturated carbocycles. The maximum Gasteiger partial charge on any atom is 0.253 e. The van der Waals surface area contributed by atoms with Crippen LogP contribution in [0.5, 0.6) is 0 Å². The average molecular weight is 346 g/mol. The maximum atomic E-state index is 12.1. The number of carbonyl (C=O) groups is 3. The molecule has 0 spiro atoms. The minimum absolute atomic E-state index is 0.183. The smallest absolute Gasteiger partial charge is 0.253 e. The lowest BCUT2D eigenvalue weighted by molar-refractivity contribution is -0.127. The number of imide groups is 1. The molecule has 1 fully saturated rings. The number of amides is 3. The molecule has 0 aromatic heterocycles. The first-order chi connectivity index (χ1) is 11.8. The summed E-state index contributed by atoms with van der Waals surface area (Å²) in [7, 11) is 0. The summed E-state index contributed by atoms with van der Waals surface area (Å²) in [5.74, 6) is -0.375. The molecule has 0 radical (unpaired) electrons. The molecule has 1 aliphatic rings. The van der Waals surface area contributed by atoms with E-state index < -0.39 is 6.10 Å². The third-order valence-corrected chi connectivity index (χ3v) is 4.20. The van der Waals surface area contributed by atoms with Gasteiger partial charge in [0.15, 0.2) is 0 Å². The zero-order valence-corrected chi connectivity index (χ0v) is 15.0. The van der Waals surface area contributed by atoms with Gasteiger partial charge in [-0.15, -0.1) is 0 Å². The quantitative estimate of drug-likeness (QED) is 0.707. The van der Waals surface area contributed by atoms with E-state index in [-0.39, 0.29) is 30.1 Å². The molecule has 2 N–H and O–H groups in total. The van der Waals surface area contributed by atoms with E-state index in [1.54, 1.807) is 19.1 Å². The lowest BCUT2D eigenvalue weighted by Crippen LogP contribution is -2.28. The largest absolute Gasteiger partial charge is 0.369 e. The van der Waals surface area contributed by atoms with Gasteiger partial charge in [0.25, 0.3) is 5.91 Å². The van der Waals surface area contributed by atoms with E-state index in [1.807, 2.05) is 12.1 Å². The number of rotatable bonds is 8. The Morgan fingerprint density at radius 3 is 2.48 bits per heavy atom. The van der Waals surface area contributed by atoms with Crippen LogP contribution in [0.4, 0.5) is 5.69 Å². The highest BCUT2D eigenvalue weighted by Gasteiger charge is 2.30. The summed E-state index contributed by atoms with van der Waals surface area (Å²) in [5, 5.41) is 5.13. The minimum Gasteiger partial charge on any atom is -0.369 e. The van der Waals surface area contributed by atoms with Crippen molar-refractivity contribution in [1.82, 2.24) is 5.32 Å². The van der Waals surface area contributed by atoms with Crippen LogP contribution in [0, 0.1) is 11.8 Å². The van der Waals surface area contributed by atoms with Crippen LogP contribution in [-0.4, -0.2) is 30.4 Å². The molecule has 6 heteroatoms. The van der Waals surface area contributed by atoms with Gasteiger partial charge in [0.2, 0.25) is 11.8 Å². The summed E-state index contributed by atoms with van der Waals surface area (Å²) >= 11 is 0. The van der Waals surface area contributed by atoms with Crippen LogP contribution in [0.25, 0.3) is 0 Å². The summed E-state index contributed by atoms with van der Waals surface area (Å²) in [5.41, 5.74) is 1.63. The van der Waals surface area contributed by atoms with Crippen molar-refractivity contribution >= 4 is 23.4 Å². The van der Waals surface area contributed by atoms with Gasteiger partial charge >= 0.3 is 0 Å². The van der Waals surface area contributed by atoms with Crippen LogP contribution in [0.1, 0.15) is 39.2 Å². The fraction of sp³-hybridized carbons (Fsp3) is 0.526. The third-order valence-electron chi connectivity index (χ3n) is 4.20. The summed E-state index contributed by atoms with van der Waals surface area (Å²) in [6.07, 6.45) is 1.17. The van der Waals surface area contributed by atoms with E-state index in [2.05, 4.69) is 24.5 Å². The number of hydrogen-bond acceptors (Lipinski definition) is 4. The molecule has 0 aliphatic carbocycles. The van der Waals surface area contributed by atoms with Gasteiger partial charge in [0.1, 0.15) is 6.10 Å². The lowest BCUT2D eigenvalue weighted by Gasteiger charge is -2.14. The number of carbonyl (C=O) groups excluding carboxylic acids is 3. The first-order valence-corrected chi connectivity index (χ1v) is 8.70. The Hall–Kier alpha value is -2.21. The number of anilines is 1. The van der Waals surface area contributed by atoms with Crippen molar-refractivity contribution in [2.24, 2.45) is 11.8 Å². The Kier molecular flexibility index (Phi) is 6.70. The molecule has 1 aromatic carbocycles. The van der Waals surface area contributed by atoms with E-state index in [9.17, 15) is 14.4 Å². The van der Waals surface area contributed by atoms with Gasteiger partial charge in [-0.2, -0.15) is 0 Å². The standard InChI is InChI=1S/C19H26N2O4/c1-12(2)8-9-25-13(3)18(23)20-16-6-4-14(5-7-16)10-15-11-17(22)21-19(15)24/h4-7,12-13,15H,8-11H2,1-3H3,(H,20,23)(H,21,22,24)/t13-,15+/m1/s1. The number of hydrogen-bond donors (Lipinski definition) is 2. The molecule has 136 valence electrons. The molecule has 2 rings (SSSR count). The van der Waals surface area contributed by atoms with Crippen molar-refractivity contribution in [2.75, 3.05) is 11.9 Å². The third kappa shape index (κ3) is 5.98. The highest BCUT2D eigenvalue weighted by molar-refractivity contribution is 6.03. The van der Waals surface area contributed by atoms with Gasteiger partial charge in [-0.3, -0.25) is 19.7 Å². The summed E-state index contributed by atoms with van der Waals surface area (Å²) in [4.78, 5) is 34.9. The predicted octanol–water partition coefficient (Wildman–Crippen LogP) is 2.28. The first kappa shape index (κ1) is 19.1. The zero-order valence-electron chi connectivity index (χ0n) is 15.0. The molecule has 1 aliphatic heterocycles. The van der Waals surface area contributed by atoms with E-state index in [4.69, 9.17) is 4.74 Å². The van der Waals surface area contributed by atoms with Crippen molar-refractivity contribution in [3.63, 3.8) is 0 Å².